The van der Waals surface area contributed by atoms with Crippen LogP contribution in [-0.4, -0.2) is 11.2 Å². The van der Waals surface area contributed by atoms with E-state index >= 15 is 0 Å². The van der Waals surface area contributed by atoms with E-state index in [1.165, 1.54) is 6.08 Å². The van der Waals surface area contributed by atoms with Gasteiger partial charge in [0.1, 0.15) is 5.38 Å². The molecule has 1 rings (SSSR count). The maximum absolute atomic E-state index is 10.7. The number of Topliss-reactive ketones (excluding diaryl/α,β-unsaturated/α-hetero) is 1. The molecular formula is C6H4Cl2O. The number of ketones is 1. The molecule has 1 unspecified atom stereocenters. The van der Waals surface area contributed by atoms with Crippen LogP contribution in [0.1, 0.15) is 0 Å². The largest absolute Gasteiger partial charge is 0.291 e. The Morgan fingerprint density at radius 3 is 2.67 bits per heavy atom. The molecule has 0 amide bonds. The maximum atomic E-state index is 10.7. The van der Waals surface area contributed by atoms with E-state index in [9.17, 15) is 4.79 Å². The van der Waals surface area contributed by atoms with E-state index in [-0.39, 0.29) is 10.8 Å². The molecule has 0 aromatic heterocycles. The van der Waals surface area contributed by atoms with Crippen molar-refractivity contribution in [2.24, 2.45) is 0 Å². The first-order chi connectivity index (χ1) is 4.22. The number of carbonyl (C=O) groups excluding carboxylic acids is 1. The Morgan fingerprint density at radius 2 is 2.22 bits per heavy atom. The van der Waals surface area contributed by atoms with Gasteiger partial charge >= 0.3 is 0 Å². The van der Waals surface area contributed by atoms with Crippen LogP contribution in [0.2, 0.25) is 0 Å². The van der Waals surface area contributed by atoms with Gasteiger partial charge in [-0.2, -0.15) is 0 Å². The summed E-state index contributed by atoms with van der Waals surface area (Å²) in [5.41, 5.74) is 0. The number of hydrogen-bond acceptors (Lipinski definition) is 1. The summed E-state index contributed by atoms with van der Waals surface area (Å²) in [4.78, 5) is 10.7. The van der Waals surface area contributed by atoms with E-state index in [0.717, 1.165) is 0 Å². The first-order valence-electron chi connectivity index (χ1n) is 2.44. The van der Waals surface area contributed by atoms with Crippen molar-refractivity contribution in [3.8, 4) is 0 Å². The third-order valence-corrected chi connectivity index (χ3v) is 1.66. The lowest BCUT2D eigenvalue weighted by Gasteiger charge is -2.04. The van der Waals surface area contributed by atoms with Gasteiger partial charge in [0.2, 0.25) is 0 Å². The fraction of sp³-hybridized carbons (Fsp3) is 0.167. The summed E-state index contributed by atoms with van der Waals surface area (Å²) in [5, 5.41) is -0.361. The Morgan fingerprint density at radius 1 is 1.56 bits per heavy atom. The summed E-state index contributed by atoms with van der Waals surface area (Å²) in [7, 11) is 0. The van der Waals surface area contributed by atoms with Crippen LogP contribution in [0.15, 0.2) is 23.3 Å². The summed E-state index contributed by atoms with van der Waals surface area (Å²) < 4.78 is 0. The van der Waals surface area contributed by atoms with Crippen molar-refractivity contribution in [2.75, 3.05) is 0 Å². The normalized spacial score (nSPS) is 26.2. The van der Waals surface area contributed by atoms with Crippen LogP contribution in [0.25, 0.3) is 0 Å². The second-order valence-corrected chi connectivity index (χ2v) is 2.54. The Bertz CT molecular complexity index is 193. The summed E-state index contributed by atoms with van der Waals surface area (Å²) in [6.45, 7) is 0. The van der Waals surface area contributed by atoms with Crippen LogP contribution in [0.3, 0.4) is 0 Å². The van der Waals surface area contributed by atoms with Crippen molar-refractivity contribution in [2.45, 2.75) is 5.38 Å². The fourth-order valence-corrected chi connectivity index (χ4v) is 0.987. The van der Waals surface area contributed by atoms with Crippen LogP contribution >= 0.6 is 23.2 Å². The van der Waals surface area contributed by atoms with Gasteiger partial charge < -0.3 is 0 Å². The molecule has 0 N–H and O–H groups in total. The van der Waals surface area contributed by atoms with Gasteiger partial charge in [0.25, 0.3) is 0 Å². The van der Waals surface area contributed by atoms with Crippen molar-refractivity contribution in [3.05, 3.63) is 23.3 Å². The standard InChI is InChI=1S/C6H4Cl2O/c7-4-2-1-3-5(8)6(4)9/h1-4H. The lowest BCUT2D eigenvalue weighted by Crippen LogP contribution is -2.13. The van der Waals surface area contributed by atoms with Crippen LogP contribution in [0, 0.1) is 0 Å². The van der Waals surface area contributed by atoms with Crippen LogP contribution in [-0.2, 0) is 4.79 Å². The molecule has 0 heterocycles. The highest BCUT2D eigenvalue weighted by Crippen LogP contribution is 2.15. The van der Waals surface area contributed by atoms with E-state index in [4.69, 9.17) is 23.2 Å². The molecule has 1 aliphatic rings. The predicted octanol–water partition coefficient (Wildman–Crippen LogP) is 1.86. The first-order valence-corrected chi connectivity index (χ1v) is 3.25. The lowest BCUT2D eigenvalue weighted by molar-refractivity contribution is -0.114. The zero-order chi connectivity index (χ0) is 6.85. The Kier molecular flexibility index (Phi) is 1.94. The summed E-state index contributed by atoms with van der Waals surface area (Å²) in [6.07, 6.45) is 4.79. The van der Waals surface area contributed by atoms with Crippen LogP contribution < -0.4 is 0 Å². The van der Waals surface area contributed by atoms with Crippen molar-refractivity contribution < 1.29 is 4.79 Å². The van der Waals surface area contributed by atoms with Crippen LogP contribution in [0.4, 0.5) is 0 Å². The Labute approximate surface area is 62.9 Å². The fourth-order valence-electron chi connectivity index (χ4n) is 0.539. The van der Waals surface area contributed by atoms with Crippen molar-refractivity contribution in [3.63, 3.8) is 0 Å². The molecule has 0 saturated carbocycles. The number of hydrogen-bond donors (Lipinski definition) is 0. The second kappa shape index (κ2) is 2.54. The predicted molar refractivity (Wildman–Crippen MR) is 37.7 cm³/mol. The maximum Gasteiger partial charge on any atom is 0.195 e. The molecule has 0 radical (unpaired) electrons. The highest BCUT2D eigenvalue weighted by molar-refractivity contribution is 6.49. The van der Waals surface area contributed by atoms with Crippen molar-refractivity contribution in [1.29, 1.82) is 0 Å². The number of carbonyl (C=O) groups is 1. The molecule has 0 spiro atoms. The summed E-state index contributed by atoms with van der Waals surface area (Å²) in [6, 6.07) is 0. The molecule has 0 aromatic rings. The summed E-state index contributed by atoms with van der Waals surface area (Å²) in [5.74, 6) is -0.221. The van der Waals surface area contributed by atoms with Gasteiger partial charge in [-0.15, -0.1) is 11.6 Å². The third-order valence-electron chi connectivity index (χ3n) is 1.01. The molecule has 3 heteroatoms. The van der Waals surface area contributed by atoms with E-state index in [0.29, 0.717) is 0 Å². The van der Waals surface area contributed by atoms with Gasteiger partial charge in [-0.05, 0) is 6.08 Å². The lowest BCUT2D eigenvalue weighted by atomic mass is 10.2. The first kappa shape index (κ1) is 6.84. The molecule has 48 valence electrons. The molecule has 0 aromatic carbocycles. The van der Waals surface area contributed by atoms with E-state index < -0.39 is 5.38 Å². The summed E-state index contributed by atoms with van der Waals surface area (Å²) >= 11 is 10.9. The van der Waals surface area contributed by atoms with Crippen molar-refractivity contribution in [1.82, 2.24) is 0 Å². The van der Waals surface area contributed by atoms with E-state index in [1.54, 1.807) is 12.2 Å². The minimum atomic E-state index is -0.567. The topological polar surface area (TPSA) is 17.1 Å². The molecule has 1 atom stereocenters. The quantitative estimate of drug-likeness (QED) is 0.498. The molecule has 1 nitrogen and oxygen atoms in total. The number of rotatable bonds is 0. The molecule has 0 fully saturated rings. The molecule has 0 bridgehead atoms. The monoisotopic (exact) mass is 162 g/mol. The van der Waals surface area contributed by atoms with Crippen LogP contribution in [0.5, 0.6) is 0 Å². The van der Waals surface area contributed by atoms with Gasteiger partial charge in [-0.25, -0.2) is 0 Å². The van der Waals surface area contributed by atoms with Gasteiger partial charge in [-0.1, -0.05) is 23.8 Å². The Hall–Kier alpha value is -0.270. The van der Waals surface area contributed by atoms with Gasteiger partial charge in [0, 0.05) is 0 Å². The molecular weight excluding hydrogens is 159 g/mol. The average molecular weight is 163 g/mol. The number of alkyl halides is 1. The minimum absolute atomic E-state index is 0.206. The zero-order valence-corrected chi connectivity index (χ0v) is 5.99. The molecule has 0 saturated heterocycles. The minimum Gasteiger partial charge on any atom is -0.291 e. The third kappa shape index (κ3) is 1.35. The SMILES string of the molecule is O=C1C(Cl)=CC=CC1Cl. The molecule has 9 heavy (non-hydrogen) atoms. The molecule has 0 aliphatic heterocycles. The smallest absolute Gasteiger partial charge is 0.195 e. The molecule has 1 aliphatic carbocycles. The van der Waals surface area contributed by atoms with Crippen molar-refractivity contribution >= 4 is 29.0 Å². The van der Waals surface area contributed by atoms with Gasteiger partial charge in [0.05, 0.1) is 5.03 Å². The average Bonchev–Trinajstić information content (AvgIpc) is 1.83. The van der Waals surface area contributed by atoms with E-state index in [1.807, 2.05) is 0 Å². The van der Waals surface area contributed by atoms with Gasteiger partial charge in [0.15, 0.2) is 5.78 Å². The Balaban J connectivity index is 2.86. The second-order valence-electron chi connectivity index (χ2n) is 1.67. The number of halogens is 2. The highest BCUT2D eigenvalue weighted by atomic mass is 35.5. The van der Waals surface area contributed by atoms with E-state index in [2.05, 4.69) is 0 Å². The van der Waals surface area contributed by atoms with Gasteiger partial charge in [-0.3, -0.25) is 4.79 Å². The highest BCUT2D eigenvalue weighted by Gasteiger charge is 2.17. The number of allylic oxidation sites excluding steroid dienone is 4. The zero-order valence-electron chi connectivity index (χ0n) is 4.47.